The highest BCUT2D eigenvalue weighted by molar-refractivity contribution is 4.76. The van der Waals surface area contributed by atoms with Crippen LogP contribution in [0.5, 0.6) is 0 Å². The smallest absolute Gasteiger partial charge is 0.00914 e. The zero-order valence-corrected chi connectivity index (χ0v) is 13.6. The highest BCUT2D eigenvalue weighted by Gasteiger charge is 2.17. The van der Waals surface area contributed by atoms with Crippen molar-refractivity contribution in [1.82, 2.24) is 15.1 Å². The molecule has 3 nitrogen and oxygen atoms in total. The Labute approximate surface area is 120 Å². The van der Waals surface area contributed by atoms with E-state index in [-0.39, 0.29) is 0 Å². The molecule has 0 aromatic heterocycles. The van der Waals surface area contributed by atoms with Crippen LogP contribution < -0.4 is 5.32 Å². The van der Waals surface area contributed by atoms with E-state index < -0.39 is 0 Å². The van der Waals surface area contributed by atoms with Crippen LogP contribution in [0.2, 0.25) is 0 Å². The van der Waals surface area contributed by atoms with E-state index in [4.69, 9.17) is 0 Å². The van der Waals surface area contributed by atoms with Crippen molar-refractivity contribution < 1.29 is 0 Å². The average molecular weight is 269 g/mol. The minimum atomic E-state index is 0.677. The van der Waals surface area contributed by atoms with Crippen molar-refractivity contribution in [2.45, 2.75) is 65.0 Å². The Hall–Kier alpha value is -0.120. The van der Waals surface area contributed by atoms with Crippen molar-refractivity contribution >= 4 is 0 Å². The molecule has 0 aromatic carbocycles. The Morgan fingerprint density at radius 2 is 1.89 bits per heavy atom. The summed E-state index contributed by atoms with van der Waals surface area (Å²) in [6.45, 7) is 13.1. The summed E-state index contributed by atoms with van der Waals surface area (Å²) in [5.41, 5.74) is 0. The highest BCUT2D eigenvalue weighted by atomic mass is 15.1. The molecule has 114 valence electrons. The van der Waals surface area contributed by atoms with Crippen molar-refractivity contribution in [3.05, 3.63) is 0 Å². The molecule has 0 bridgehead atoms. The lowest BCUT2D eigenvalue weighted by molar-refractivity contribution is 0.197. The van der Waals surface area contributed by atoms with Crippen molar-refractivity contribution in [3.8, 4) is 0 Å². The van der Waals surface area contributed by atoms with E-state index >= 15 is 0 Å². The molecule has 1 aliphatic rings. The maximum absolute atomic E-state index is 3.74. The second kappa shape index (κ2) is 9.73. The maximum Gasteiger partial charge on any atom is 0.00914 e. The van der Waals surface area contributed by atoms with Gasteiger partial charge in [-0.3, -0.25) is 0 Å². The Morgan fingerprint density at radius 1 is 1.21 bits per heavy atom. The summed E-state index contributed by atoms with van der Waals surface area (Å²) in [5, 5.41) is 3.74. The first-order valence-electron chi connectivity index (χ1n) is 8.29. The summed E-state index contributed by atoms with van der Waals surface area (Å²) in [6, 6.07) is 1.45. The minimum Gasteiger partial charge on any atom is -0.314 e. The third-order valence-electron chi connectivity index (χ3n) is 4.38. The molecule has 1 fully saturated rings. The minimum absolute atomic E-state index is 0.677. The molecule has 0 saturated carbocycles. The fourth-order valence-electron chi connectivity index (χ4n) is 2.73. The molecule has 0 aliphatic carbocycles. The van der Waals surface area contributed by atoms with E-state index in [9.17, 15) is 0 Å². The second-order valence-electron chi connectivity index (χ2n) is 6.35. The maximum atomic E-state index is 3.74. The zero-order chi connectivity index (χ0) is 14.1. The summed E-state index contributed by atoms with van der Waals surface area (Å²) in [7, 11) is 2.22. The van der Waals surface area contributed by atoms with Gasteiger partial charge in [-0.15, -0.1) is 0 Å². The van der Waals surface area contributed by atoms with E-state index in [0.717, 1.165) is 6.04 Å². The van der Waals surface area contributed by atoms with Gasteiger partial charge in [0.15, 0.2) is 0 Å². The normalized spacial score (nSPS) is 18.6. The number of rotatable bonds is 9. The third-order valence-corrected chi connectivity index (χ3v) is 4.38. The van der Waals surface area contributed by atoms with Crippen LogP contribution in [-0.4, -0.2) is 61.7 Å². The second-order valence-corrected chi connectivity index (χ2v) is 6.35. The molecule has 3 heteroatoms. The predicted molar refractivity (Wildman–Crippen MR) is 84.8 cm³/mol. The Kier molecular flexibility index (Phi) is 8.67. The molecular weight excluding hydrogens is 234 g/mol. The number of likely N-dealkylation sites (tertiary alicyclic amines) is 1. The predicted octanol–water partition coefficient (Wildman–Crippen LogP) is 2.57. The van der Waals surface area contributed by atoms with Gasteiger partial charge in [0.05, 0.1) is 0 Å². The SMILES string of the molecule is CCCN1CCC(NCCCCN(C)C(C)C)CC1. The monoisotopic (exact) mass is 269 g/mol. The quantitative estimate of drug-likeness (QED) is 0.649. The van der Waals surface area contributed by atoms with Gasteiger partial charge < -0.3 is 15.1 Å². The van der Waals surface area contributed by atoms with E-state index in [1.54, 1.807) is 0 Å². The number of nitrogens with one attached hydrogen (secondary N) is 1. The molecule has 0 aromatic rings. The fraction of sp³-hybridized carbons (Fsp3) is 1.00. The van der Waals surface area contributed by atoms with Crippen LogP contribution in [0.1, 0.15) is 52.9 Å². The van der Waals surface area contributed by atoms with Crippen molar-refractivity contribution in [3.63, 3.8) is 0 Å². The Bertz CT molecular complexity index is 210. The van der Waals surface area contributed by atoms with E-state index in [0.29, 0.717) is 6.04 Å². The van der Waals surface area contributed by atoms with Gasteiger partial charge in [0.1, 0.15) is 0 Å². The average Bonchev–Trinajstić information content (AvgIpc) is 2.40. The van der Waals surface area contributed by atoms with Gasteiger partial charge in [-0.25, -0.2) is 0 Å². The first-order chi connectivity index (χ1) is 9.13. The number of hydrogen-bond acceptors (Lipinski definition) is 3. The number of hydrogen-bond donors (Lipinski definition) is 1. The van der Waals surface area contributed by atoms with Gasteiger partial charge in [0, 0.05) is 12.1 Å². The van der Waals surface area contributed by atoms with Gasteiger partial charge in [-0.1, -0.05) is 6.92 Å². The van der Waals surface area contributed by atoms with Gasteiger partial charge in [0.25, 0.3) is 0 Å². The largest absolute Gasteiger partial charge is 0.314 e. The summed E-state index contributed by atoms with van der Waals surface area (Å²) in [6.07, 6.45) is 6.60. The third kappa shape index (κ3) is 7.28. The van der Waals surface area contributed by atoms with Crippen LogP contribution >= 0.6 is 0 Å². The summed E-state index contributed by atoms with van der Waals surface area (Å²) in [4.78, 5) is 5.04. The van der Waals surface area contributed by atoms with Crippen molar-refractivity contribution in [1.29, 1.82) is 0 Å². The van der Waals surface area contributed by atoms with E-state index in [1.165, 1.54) is 64.8 Å². The number of nitrogens with zero attached hydrogens (tertiary/aromatic N) is 2. The number of piperidine rings is 1. The van der Waals surface area contributed by atoms with Crippen LogP contribution in [0, 0.1) is 0 Å². The Morgan fingerprint density at radius 3 is 2.47 bits per heavy atom. The van der Waals surface area contributed by atoms with Crippen LogP contribution in [0.25, 0.3) is 0 Å². The molecule has 1 rings (SSSR count). The molecule has 0 amide bonds. The first-order valence-corrected chi connectivity index (χ1v) is 8.29. The van der Waals surface area contributed by atoms with E-state index in [2.05, 4.69) is 42.9 Å². The van der Waals surface area contributed by atoms with Gasteiger partial charge in [-0.05, 0) is 85.7 Å². The molecule has 0 atom stereocenters. The van der Waals surface area contributed by atoms with Crippen molar-refractivity contribution in [2.24, 2.45) is 0 Å². The van der Waals surface area contributed by atoms with Crippen LogP contribution in [-0.2, 0) is 0 Å². The fourth-order valence-corrected chi connectivity index (χ4v) is 2.73. The van der Waals surface area contributed by atoms with E-state index in [1.807, 2.05) is 0 Å². The Balaban J connectivity index is 1.96. The molecular formula is C16H35N3. The number of unbranched alkanes of at least 4 members (excludes halogenated alkanes) is 1. The topological polar surface area (TPSA) is 18.5 Å². The van der Waals surface area contributed by atoms with Gasteiger partial charge in [0.2, 0.25) is 0 Å². The van der Waals surface area contributed by atoms with Crippen molar-refractivity contribution in [2.75, 3.05) is 39.8 Å². The lowest BCUT2D eigenvalue weighted by Gasteiger charge is -2.32. The molecule has 1 aliphatic heterocycles. The van der Waals surface area contributed by atoms with Gasteiger partial charge >= 0.3 is 0 Å². The summed E-state index contributed by atoms with van der Waals surface area (Å²) in [5.74, 6) is 0. The summed E-state index contributed by atoms with van der Waals surface area (Å²) < 4.78 is 0. The van der Waals surface area contributed by atoms with Crippen LogP contribution in [0.15, 0.2) is 0 Å². The zero-order valence-electron chi connectivity index (χ0n) is 13.6. The highest BCUT2D eigenvalue weighted by Crippen LogP contribution is 2.10. The molecule has 1 saturated heterocycles. The van der Waals surface area contributed by atoms with Crippen LogP contribution in [0.3, 0.4) is 0 Å². The lowest BCUT2D eigenvalue weighted by Crippen LogP contribution is -2.43. The lowest BCUT2D eigenvalue weighted by atomic mass is 10.0. The molecule has 0 unspecified atom stereocenters. The standard InChI is InChI=1S/C16H35N3/c1-5-11-19-13-8-16(9-14-19)17-10-6-7-12-18(4)15(2)3/h15-17H,5-14H2,1-4H3. The van der Waals surface area contributed by atoms with Crippen LogP contribution in [0.4, 0.5) is 0 Å². The molecule has 0 radical (unpaired) electrons. The molecule has 0 spiro atoms. The molecule has 1 heterocycles. The molecule has 1 N–H and O–H groups in total. The summed E-state index contributed by atoms with van der Waals surface area (Å²) >= 11 is 0. The molecule has 19 heavy (non-hydrogen) atoms. The van der Waals surface area contributed by atoms with Gasteiger partial charge in [-0.2, -0.15) is 0 Å². The first kappa shape index (κ1) is 16.9.